The highest BCUT2D eigenvalue weighted by atomic mass is 16.4. The molecule has 6 nitrogen and oxygen atoms in total. The summed E-state index contributed by atoms with van der Waals surface area (Å²) in [6.07, 6.45) is 6.04. The van der Waals surface area contributed by atoms with Gasteiger partial charge in [-0.05, 0) is 37.3 Å². The van der Waals surface area contributed by atoms with E-state index in [1.165, 1.54) is 6.20 Å². The Morgan fingerprint density at radius 2 is 1.88 bits per heavy atom. The molecule has 1 aromatic carbocycles. The lowest BCUT2D eigenvalue weighted by Gasteiger charge is -2.32. The molecule has 1 N–H and O–H groups in total. The Hall–Kier alpha value is -2.50. The Labute approximate surface area is 139 Å². The Morgan fingerprint density at radius 1 is 1.12 bits per heavy atom. The monoisotopic (exact) mass is 325 g/mol. The summed E-state index contributed by atoms with van der Waals surface area (Å²) in [6, 6.07) is 6.62. The molecule has 0 radical (unpaired) electrons. The third-order valence-electron chi connectivity index (χ3n) is 5.28. The first-order valence-corrected chi connectivity index (χ1v) is 8.42. The zero-order valence-corrected chi connectivity index (χ0v) is 13.3. The molecule has 2 aromatic rings. The quantitative estimate of drug-likeness (QED) is 0.917. The van der Waals surface area contributed by atoms with Gasteiger partial charge in [0.05, 0.1) is 17.2 Å². The number of carbonyl (C=O) groups is 2. The first-order chi connectivity index (χ1) is 11.6. The van der Waals surface area contributed by atoms with Crippen molar-refractivity contribution in [3.63, 3.8) is 0 Å². The molecular weight excluding hydrogens is 306 g/mol. The molecule has 1 amide bonds. The molecule has 124 valence electrons. The van der Waals surface area contributed by atoms with Gasteiger partial charge in [-0.25, -0.2) is 9.78 Å². The molecular formula is C18H19N3O3. The van der Waals surface area contributed by atoms with Crippen molar-refractivity contribution in [2.75, 3.05) is 0 Å². The van der Waals surface area contributed by atoms with Gasteiger partial charge in [0.15, 0.2) is 0 Å². The summed E-state index contributed by atoms with van der Waals surface area (Å²) >= 11 is 0. The second-order valence-electron chi connectivity index (χ2n) is 6.66. The van der Waals surface area contributed by atoms with Crippen LogP contribution in [-0.4, -0.2) is 43.9 Å². The zero-order valence-electron chi connectivity index (χ0n) is 13.3. The van der Waals surface area contributed by atoms with Gasteiger partial charge < -0.3 is 10.0 Å². The Kier molecular flexibility index (Phi) is 3.67. The summed E-state index contributed by atoms with van der Waals surface area (Å²) in [6.45, 7) is 0. The summed E-state index contributed by atoms with van der Waals surface area (Å²) in [5.74, 6) is -0.946. The van der Waals surface area contributed by atoms with Gasteiger partial charge in [-0.1, -0.05) is 25.0 Å². The minimum Gasteiger partial charge on any atom is -0.480 e. The number of nitrogens with zero attached hydrogens (tertiary/aromatic N) is 3. The molecule has 4 rings (SSSR count). The lowest BCUT2D eigenvalue weighted by Crippen LogP contribution is -2.46. The van der Waals surface area contributed by atoms with Crippen molar-refractivity contribution in [3.8, 4) is 0 Å². The van der Waals surface area contributed by atoms with Gasteiger partial charge in [0, 0.05) is 6.04 Å². The maximum atomic E-state index is 13.0. The maximum Gasteiger partial charge on any atom is 0.326 e. The summed E-state index contributed by atoms with van der Waals surface area (Å²) in [4.78, 5) is 34.9. The van der Waals surface area contributed by atoms with E-state index in [2.05, 4.69) is 9.97 Å². The molecule has 24 heavy (non-hydrogen) atoms. The fourth-order valence-electron chi connectivity index (χ4n) is 4.17. The van der Waals surface area contributed by atoms with Crippen molar-refractivity contribution in [1.82, 2.24) is 14.9 Å². The van der Waals surface area contributed by atoms with Crippen molar-refractivity contribution in [1.29, 1.82) is 0 Å². The van der Waals surface area contributed by atoms with E-state index in [4.69, 9.17) is 0 Å². The average Bonchev–Trinajstić information content (AvgIpc) is 3.00. The molecule has 1 aromatic heterocycles. The number of fused-ring (bicyclic) bond motifs is 2. The number of hydrogen-bond donors (Lipinski definition) is 1. The number of rotatable bonds is 2. The van der Waals surface area contributed by atoms with Gasteiger partial charge in [0.2, 0.25) is 0 Å². The van der Waals surface area contributed by atoms with Crippen LogP contribution < -0.4 is 0 Å². The van der Waals surface area contributed by atoms with Crippen molar-refractivity contribution < 1.29 is 14.7 Å². The number of likely N-dealkylation sites (tertiary alicyclic amines) is 1. The molecule has 1 saturated carbocycles. The summed E-state index contributed by atoms with van der Waals surface area (Å²) < 4.78 is 0. The van der Waals surface area contributed by atoms with E-state index < -0.39 is 12.0 Å². The number of benzene rings is 1. The van der Waals surface area contributed by atoms with Crippen LogP contribution >= 0.6 is 0 Å². The highest BCUT2D eigenvalue weighted by Gasteiger charge is 2.48. The number of amides is 1. The molecule has 6 heteroatoms. The molecule has 0 unspecified atom stereocenters. The molecule has 1 aliphatic carbocycles. The number of carboxylic acids is 1. The standard InChI is InChI=1S/C18H19N3O3/c22-17(14-10-19-12-6-2-3-7-13(12)20-14)21-15-8-4-1-5-11(15)9-16(21)18(23)24/h2-3,6-7,10-11,15-16H,1,4-5,8-9H2,(H,23,24)/t11-,15-,16+/m1/s1. The lowest BCUT2D eigenvalue weighted by atomic mass is 9.84. The predicted molar refractivity (Wildman–Crippen MR) is 87.5 cm³/mol. The van der Waals surface area contributed by atoms with Crippen LogP contribution in [0.25, 0.3) is 11.0 Å². The normalized spacial score (nSPS) is 26.3. The molecule has 2 aliphatic rings. The number of carbonyl (C=O) groups excluding carboxylic acids is 1. The van der Waals surface area contributed by atoms with Crippen LogP contribution in [-0.2, 0) is 4.79 Å². The molecule has 0 bridgehead atoms. The van der Waals surface area contributed by atoms with Crippen LogP contribution in [0.2, 0.25) is 0 Å². The van der Waals surface area contributed by atoms with E-state index in [0.717, 1.165) is 31.2 Å². The number of carboxylic acid groups (broad SMARTS) is 1. The number of para-hydroxylation sites is 2. The van der Waals surface area contributed by atoms with Gasteiger partial charge >= 0.3 is 5.97 Å². The first-order valence-electron chi connectivity index (χ1n) is 8.42. The second-order valence-corrected chi connectivity index (χ2v) is 6.66. The molecule has 1 saturated heterocycles. The maximum absolute atomic E-state index is 13.0. The van der Waals surface area contributed by atoms with Gasteiger partial charge in [0.25, 0.3) is 5.91 Å². The second kappa shape index (κ2) is 5.85. The Balaban J connectivity index is 1.70. The Morgan fingerprint density at radius 3 is 2.67 bits per heavy atom. The van der Waals surface area contributed by atoms with E-state index in [1.54, 1.807) is 11.0 Å². The Bertz CT molecular complexity index is 807. The smallest absolute Gasteiger partial charge is 0.326 e. The van der Waals surface area contributed by atoms with Crippen molar-refractivity contribution in [2.24, 2.45) is 5.92 Å². The number of hydrogen-bond acceptors (Lipinski definition) is 4. The molecule has 3 atom stereocenters. The first kappa shape index (κ1) is 15.1. The van der Waals surface area contributed by atoms with Crippen LogP contribution in [0, 0.1) is 5.92 Å². The fourth-order valence-corrected chi connectivity index (χ4v) is 4.17. The van der Waals surface area contributed by atoms with Crippen molar-refractivity contribution in [3.05, 3.63) is 36.2 Å². The predicted octanol–water partition coefficient (Wildman–Crippen LogP) is 2.49. The SMILES string of the molecule is O=C(O)[C@@H]1C[C@H]2CCCC[C@H]2N1C(=O)c1cnc2ccccc2n1. The number of aliphatic carboxylic acids is 1. The average molecular weight is 325 g/mol. The zero-order chi connectivity index (χ0) is 16.7. The van der Waals surface area contributed by atoms with E-state index in [9.17, 15) is 14.7 Å². The number of aromatic nitrogens is 2. The van der Waals surface area contributed by atoms with Crippen LogP contribution in [0.3, 0.4) is 0 Å². The van der Waals surface area contributed by atoms with Gasteiger partial charge in [0.1, 0.15) is 11.7 Å². The minimum atomic E-state index is -0.925. The summed E-state index contributed by atoms with van der Waals surface area (Å²) in [5, 5.41) is 9.57. The lowest BCUT2D eigenvalue weighted by molar-refractivity contribution is -0.141. The van der Waals surface area contributed by atoms with Gasteiger partial charge in [-0.15, -0.1) is 0 Å². The van der Waals surface area contributed by atoms with Crippen LogP contribution in [0.5, 0.6) is 0 Å². The van der Waals surface area contributed by atoms with Crippen LogP contribution in [0.4, 0.5) is 0 Å². The van der Waals surface area contributed by atoms with Gasteiger partial charge in [-0.3, -0.25) is 9.78 Å². The third kappa shape index (κ3) is 2.42. The van der Waals surface area contributed by atoms with Crippen molar-refractivity contribution >= 4 is 22.9 Å². The molecule has 0 spiro atoms. The largest absolute Gasteiger partial charge is 0.480 e. The van der Waals surface area contributed by atoms with Crippen LogP contribution in [0.1, 0.15) is 42.6 Å². The van der Waals surface area contributed by atoms with Crippen LogP contribution in [0.15, 0.2) is 30.5 Å². The summed E-state index contributed by atoms with van der Waals surface area (Å²) in [5.41, 5.74) is 1.60. The highest BCUT2D eigenvalue weighted by molar-refractivity contribution is 5.96. The van der Waals surface area contributed by atoms with E-state index in [0.29, 0.717) is 11.9 Å². The minimum absolute atomic E-state index is 0.0145. The molecule has 2 heterocycles. The fraction of sp³-hybridized carbons (Fsp3) is 0.444. The third-order valence-corrected chi connectivity index (χ3v) is 5.28. The van der Waals surface area contributed by atoms with Gasteiger partial charge in [-0.2, -0.15) is 0 Å². The van der Waals surface area contributed by atoms with E-state index in [1.807, 2.05) is 18.2 Å². The van der Waals surface area contributed by atoms with E-state index in [-0.39, 0.29) is 23.6 Å². The molecule has 2 fully saturated rings. The summed E-state index contributed by atoms with van der Waals surface area (Å²) in [7, 11) is 0. The van der Waals surface area contributed by atoms with Crippen molar-refractivity contribution in [2.45, 2.75) is 44.2 Å². The topological polar surface area (TPSA) is 83.4 Å². The highest BCUT2D eigenvalue weighted by Crippen LogP contribution is 2.40. The molecule has 1 aliphatic heterocycles. The van der Waals surface area contributed by atoms with E-state index >= 15 is 0 Å².